The average molecular weight is 286 g/mol. The van der Waals surface area contributed by atoms with Crippen molar-refractivity contribution in [3.8, 4) is 6.07 Å². The summed E-state index contributed by atoms with van der Waals surface area (Å²) in [5.74, 6) is 3.93. The van der Waals surface area contributed by atoms with E-state index in [1.54, 1.807) is 24.3 Å². The molecule has 2 nitrogen and oxygen atoms in total. The summed E-state index contributed by atoms with van der Waals surface area (Å²) in [6, 6.07) is 8.61. The van der Waals surface area contributed by atoms with Crippen molar-refractivity contribution in [3.05, 3.63) is 35.4 Å². The van der Waals surface area contributed by atoms with E-state index in [4.69, 9.17) is 5.26 Å². The van der Waals surface area contributed by atoms with Gasteiger partial charge in [0.15, 0.2) is 0 Å². The minimum absolute atomic E-state index is 0.00325. The first-order chi connectivity index (χ1) is 6.71. The lowest BCUT2D eigenvalue weighted by molar-refractivity contribution is 0.108. The molecule has 0 radical (unpaired) electrons. The molecule has 1 aromatic rings. The predicted octanol–water partition coefficient (Wildman–Crippen LogP) is 3.04. The molecule has 1 aromatic carbocycles. The first kappa shape index (κ1) is 12.2. The molecule has 0 aromatic heterocycles. The first-order valence-corrected chi connectivity index (χ1v) is 9.08. The fraction of sp³-hybridized carbons (Fsp3) is 0.182. The molecule has 0 heterocycles. The topological polar surface area (TPSA) is 40.9 Å². The third-order valence-corrected chi connectivity index (χ3v) is 4.08. The molecule has 0 aliphatic carbocycles. The molecule has 1 rings (SSSR count). The molecule has 15 heavy (non-hydrogen) atoms. The van der Waals surface area contributed by atoms with Crippen LogP contribution in [0.2, 0.25) is 0 Å². The van der Waals surface area contributed by atoms with Gasteiger partial charge in [-0.15, -0.1) is 7.18 Å². The van der Waals surface area contributed by atoms with Gasteiger partial charge in [-0.05, 0) is 51.6 Å². The van der Waals surface area contributed by atoms with Gasteiger partial charge < -0.3 is 0 Å². The van der Waals surface area contributed by atoms with Crippen LogP contribution >= 0.6 is 22.0 Å². The minimum Gasteiger partial charge on any atom is -0.283 e. The second-order valence-corrected chi connectivity index (χ2v) is 14.7. The monoisotopic (exact) mass is 285 g/mol. The van der Waals surface area contributed by atoms with E-state index in [-0.39, 0.29) is 5.12 Å². The minimum atomic E-state index is -2.41. The maximum atomic E-state index is 12.0. The Morgan fingerprint density at radius 2 is 1.87 bits per heavy atom. The molecule has 0 bridgehead atoms. The molecule has 0 fully saturated rings. The molecule has 0 saturated carbocycles. The van der Waals surface area contributed by atoms with E-state index in [0.29, 0.717) is 11.1 Å². The molecule has 0 atom stereocenters. The number of nitriles is 1. The van der Waals surface area contributed by atoms with Gasteiger partial charge in [0.25, 0.3) is 0 Å². The second kappa shape index (κ2) is 3.58. The number of hydrogen-bond donors (Lipinski definition) is 0. The quantitative estimate of drug-likeness (QED) is 0.744. The van der Waals surface area contributed by atoms with Crippen LogP contribution in [0.5, 0.6) is 0 Å². The van der Waals surface area contributed by atoms with E-state index in [1.807, 2.05) is 18.6 Å². The third kappa shape index (κ3) is 3.01. The smallest absolute Gasteiger partial charge is 0.206 e. The Hall–Kier alpha value is -0.920. The summed E-state index contributed by atoms with van der Waals surface area (Å²) in [4.78, 5) is 12.0. The number of halogens is 1. The highest BCUT2D eigenvalue weighted by Crippen LogP contribution is 2.59. The van der Waals surface area contributed by atoms with Gasteiger partial charge in [-0.1, -0.05) is 5.87 Å². The second-order valence-electron chi connectivity index (χ2n) is 4.01. The summed E-state index contributed by atoms with van der Waals surface area (Å²) in [6.45, 7) is 0. The van der Waals surface area contributed by atoms with E-state index in [9.17, 15) is 4.79 Å². The normalized spacial score (nSPS) is 13.6. The lowest BCUT2D eigenvalue weighted by atomic mass is 10.2. The van der Waals surface area contributed by atoms with Crippen molar-refractivity contribution in [2.24, 2.45) is 0 Å². The highest BCUT2D eigenvalue weighted by atomic mass is 79.9. The zero-order valence-electron chi connectivity index (χ0n) is 8.66. The molecular weight excluding hydrogens is 274 g/mol. The fourth-order valence-electron chi connectivity index (χ4n) is 1.04. The maximum Gasteiger partial charge on any atom is 0.206 e. The zero-order chi connectivity index (χ0) is 11.7. The summed E-state index contributed by atoms with van der Waals surface area (Å²) < 4.78 is 0. The Labute approximate surface area is 97.0 Å². The summed E-state index contributed by atoms with van der Waals surface area (Å²) in [5, 5.41) is 8.62. The summed E-state index contributed by atoms with van der Waals surface area (Å²) in [7, 11) is -2.41. The van der Waals surface area contributed by atoms with Crippen molar-refractivity contribution in [1.82, 2.24) is 0 Å². The Morgan fingerprint density at radius 3 is 2.20 bits per heavy atom. The number of hydrogen-bond acceptors (Lipinski definition) is 2. The number of carbonyl (C=O) groups is 1. The maximum absolute atomic E-state index is 12.0. The average Bonchev–Trinajstić information content (AvgIpc) is 2.14. The van der Waals surface area contributed by atoms with Crippen molar-refractivity contribution < 1.29 is 4.79 Å². The zero-order valence-corrected chi connectivity index (χ0v) is 11.1. The largest absolute Gasteiger partial charge is 0.283 e. The molecule has 4 heteroatoms. The molecule has 0 aliphatic rings. The Balaban J connectivity index is 3.17. The van der Waals surface area contributed by atoms with E-state index >= 15 is 0 Å². The van der Waals surface area contributed by atoms with Crippen molar-refractivity contribution in [3.63, 3.8) is 0 Å². The molecule has 0 saturated heterocycles. The highest BCUT2D eigenvalue weighted by molar-refractivity contribution is 9.63. The molecule has 0 N–H and O–H groups in total. The lowest BCUT2D eigenvalue weighted by Gasteiger charge is -2.30. The number of rotatable bonds is 1. The van der Waals surface area contributed by atoms with Gasteiger partial charge in [0.05, 0.1) is 11.6 Å². The third-order valence-electron chi connectivity index (χ3n) is 1.82. The summed E-state index contributed by atoms with van der Waals surface area (Å²) >= 11 is 3.40. The van der Waals surface area contributed by atoms with Gasteiger partial charge in [0.2, 0.25) is 5.12 Å². The van der Waals surface area contributed by atoms with Crippen LogP contribution in [0.25, 0.3) is 0 Å². The van der Waals surface area contributed by atoms with Crippen LogP contribution < -0.4 is 0 Å². The number of benzene rings is 1. The molecule has 80 valence electrons. The van der Waals surface area contributed by atoms with Crippen molar-refractivity contribution >= 4 is 33.0 Å². The van der Waals surface area contributed by atoms with Crippen LogP contribution in [-0.2, 0) is 0 Å². The Kier molecular flexibility index (Phi) is 2.90. The Bertz CT molecular complexity index is 493. The van der Waals surface area contributed by atoms with Gasteiger partial charge in [0.1, 0.15) is 0 Å². The molecule has 0 unspecified atom stereocenters. The molecule has 0 amide bonds. The molecule has 0 spiro atoms. The fourth-order valence-corrected chi connectivity index (χ4v) is 2.47. The summed E-state index contributed by atoms with van der Waals surface area (Å²) in [5.41, 5.74) is 1.14. The Morgan fingerprint density at radius 1 is 1.40 bits per heavy atom. The van der Waals surface area contributed by atoms with Crippen molar-refractivity contribution in [2.45, 2.75) is 0 Å². The van der Waals surface area contributed by atoms with Crippen LogP contribution in [0, 0.1) is 11.3 Å². The van der Waals surface area contributed by atoms with Crippen molar-refractivity contribution in [2.75, 3.05) is 12.5 Å². The van der Waals surface area contributed by atoms with Gasteiger partial charge in [-0.3, -0.25) is 4.79 Å². The SMILES string of the molecule is C=S(C)(C)(Br)C(=O)c1ccc(C#N)cc1. The molecular formula is C11H12BrNOS. The summed E-state index contributed by atoms with van der Waals surface area (Å²) in [6.07, 6.45) is 3.63. The van der Waals surface area contributed by atoms with Gasteiger partial charge >= 0.3 is 0 Å². The van der Waals surface area contributed by atoms with E-state index in [0.717, 1.165) is 0 Å². The predicted molar refractivity (Wildman–Crippen MR) is 71.0 cm³/mol. The van der Waals surface area contributed by atoms with Gasteiger partial charge in [-0.2, -0.15) is 5.26 Å². The van der Waals surface area contributed by atoms with E-state index < -0.39 is 7.18 Å². The van der Waals surface area contributed by atoms with Gasteiger partial charge in [-0.25, -0.2) is 0 Å². The number of nitrogens with zero attached hydrogens (tertiary/aromatic N) is 1. The van der Waals surface area contributed by atoms with Crippen LogP contribution in [0.1, 0.15) is 15.9 Å². The van der Waals surface area contributed by atoms with E-state index in [2.05, 4.69) is 20.7 Å². The van der Waals surface area contributed by atoms with Crippen LogP contribution in [0.15, 0.2) is 24.3 Å². The van der Waals surface area contributed by atoms with Crippen LogP contribution in [0.4, 0.5) is 0 Å². The standard InChI is InChI=1S/C11H12BrNOS/c1-15(2,3,12)11(14)10-6-4-9(8-13)5-7-10/h4-7H,1H2,2-3H3. The number of carbonyl (C=O) groups excluding carboxylic acids is 1. The van der Waals surface area contributed by atoms with E-state index in [1.165, 1.54) is 0 Å². The molecule has 0 aliphatic heterocycles. The van der Waals surface area contributed by atoms with Crippen LogP contribution in [0.3, 0.4) is 0 Å². The lowest BCUT2D eigenvalue weighted by Crippen LogP contribution is -2.10. The first-order valence-electron chi connectivity index (χ1n) is 4.21. The van der Waals surface area contributed by atoms with Crippen molar-refractivity contribution in [1.29, 1.82) is 5.26 Å². The van der Waals surface area contributed by atoms with Gasteiger partial charge in [0, 0.05) is 5.56 Å². The van der Waals surface area contributed by atoms with Crippen LogP contribution in [-0.4, -0.2) is 23.5 Å². The highest BCUT2D eigenvalue weighted by Gasteiger charge is 2.25.